The molecule has 0 N–H and O–H groups in total. The van der Waals surface area contributed by atoms with E-state index in [0.29, 0.717) is 17.9 Å². The van der Waals surface area contributed by atoms with Crippen LogP contribution >= 0.6 is 0 Å². The van der Waals surface area contributed by atoms with Gasteiger partial charge >= 0.3 is 5.97 Å². The van der Waals surface area contributed by atoms with Gasteiger partial charge in [0.25, 0.3) is 0 Å². The molecular weight excluding hydrogens is 338 g/mol. The smallest absolute Gasteiger partial charge is 0.336 e. The average molecular weight is 363 g/mol. The van der Waals surface area contributed by atoms with Gasteiger partial charge in [-0.1, -0.05) is 75.2 Å². The second kappa shape index (κ2) is 10.8. The Hall–Kier alpha value is -3.06. The molecule has 0 spiro atoms. The molecule has 0 atom stereocenters. The zero-order chi connectivity index (χ0) is 19.5. The highest BCUT2D eigenvalue weighted by atomic mass is 16.5. The van der Waals surface area contributed by atoms with Crippen molar-refractivity contribution < 1.29 is 14.3 Å². The number of rotatable bonds is 10. The Kier molecular flexibility index (Phi) is 8.12. The van der Waals surface area contributed by atoms with Crippen molar-refractivity contribution >= 4 is 5.97 Å². The zero-order valence-electron chi connectivity index (χ0n) is 15.7. The molecule has 0 amide bonds. The predicted molar refractivity (Wildman–Crippen MR) is 106 cm³/mol. The van der Waals surface area contributed by atoms with Gasteiger partial charge in [-0.25, -0.2) is 4.79 Å². The van der Waals surface area contributed by atoms with Gasteiger partial charge in [0.05, 0.1) is 17.7 Å². The van der Waals surface area contributed by atoms with Crippen molar-refractivity contribution in [2.75, 3.05) is 13.2 Å². The Morgan fingerprint density at radius 2 is 1.85 bits per heavy atom. The van der Waals surface area contributed by atoms with Crippen LogP contribution in [0.3, 0.4) is 0 Å². The molecule has 0 heterocycles. The van der Waals surface area contributed by atoms with Gasteiger partial charge in [0, 0.05) is 5.56 Å². The number of hydrogen-bond acceptors (Lipinski definition) is 4. The first-order chi connectivity index (χ1) is 13.2. The molecule has 4 heteroatoms. The van der Waals surface area contributed by atoms with E-state index in [9.17, 15) is 10.1 Å². The van der Waals surface area contributed by atoms with E-state index in [0.717, 1.165) is 36.8 Å². The van der Waals surface area contributed by atoms with Crippen molar-refractivity contribution in [1.82, 2.24) is 0 Å². The van der Waals surface area contributed by atoms with Gasteiger partial charge in [0.2, 0.25) is 0 Å². The number of carbonyl (C=O) groups is 1. The summed E-state index contributed by atoms with van der Waals surface area (Å²) in [6.45, 7) is 6.26. The van der Waals surface area contributed by atoms with E-state index in [-0.39, 0.29) is 12.2 Å². The van der Waals surface area contributed by atoms with Gasteiger partial charge in [-0.2, -0.15) is 5.26 Å². The molecule has 0 bridgehead atoms. The van der Waals surface area contributed by atoms with Gasteiger partial charge in [0.1, 0.15) is 18.4 Å². The third-order valence-electron chi connectivity index (χ3n) is 4.13. The molecule has 0 aliphatic heterocycles. The Morgan fingerprint density at radius 1 is 1.07 bits per heavy atom. The normalized spacial score (nSPS) is 10.1. The molecule has 140 valence electrons. The molecule has 2 aromatic rings. The van der Waals surface area contributed by atoms with E-state index in [1.54, 1.807) is 6.07 Å². The minimum absolute atomic E-state index is 0.0215. The zero-order valence-corrected chi connectivity index (χ0v) is 15.7. The van der Waals surface area contributed by atoms with Gasteiger partial charge in [0.15, 0.2) is 0 Å². The summed E-state index contributed by atoms with van der Waals surface area (Å²) in [5.74, 6) is -0.00899. The van der Waals surface area contributed by atoms with Crippen molar-refractivity contribution in [3.8, 4) is 22.9 Å². The minimum atomic E-state index is -0.456. The van der Waals surface area contributed by atoms with Gasteiger partial charge in [-0.15, -0.1) is 0 Å². The fourth-order valence-corrected chi connectivity index (χ4v) is 2.64. The molecule has 0 aliphatic rings. The molecule has 0 aliphatic carbocycles. The number of carbonyl (C=O) groups excluding carboxylic acids is 1. The lowest BCUT2D eigenvalue weighted by molar-refractivity contribution is -0.139. The summed E-state index contributed by atoms with van der Waals surface area (Å²) >= 11 is 0. The molecule has 27 heavy (non-hydrogen) atoms. The van der Waals surface area contributed by atoms with Crippen LogP contribution in [0, 0.1) is 11.3 Å². The highest BCUT2D eigenvalue weighted by Crippen LogP contribution is 2.33. The molecule has 0 radical (unpaired) electrons. The largest absolute Gasteiger partial charge is 0.487 e. The highest BCUT2D eigenvalue weighted by molar-refractivity contribution is 5.88. The van der Waals surface area contributed by atoms with Gasteiger partial charge in [-0.3, -0.25) is 0 Å². The van der Waals surface area contributed by atoms with E-state index < -0.39 is 5.97 Å². The second-order valence-corrected chi connectivity index (χ2v) is 6.25. The van der Waals surface area contributed by atoms with Crippen LogP contribution in [-0.4, -0.2) is 19.2 Å². The summed E-state index contributed by atoms with van der Waals surface area (Å²) < 4.78 is 11.0. The lowest BCUT2D eigenvalue weighted by atomic mass is 10.0. The van der Waals surface area contributed by atoms with E-state index in [1.807, 2.05) is 42.5 Å². The number of nitrogens with zero attached hydrogens (tertiary/aromatic N) is 1. The number of benzene rings is 2. The van der Waals surface area contributed by atoms with Crippen LogP contribution in [0.1, 0.15) is 38.2 Å². The fourth-order valence-electron chi connectivity index (χ4n) is 2.64. The topological polar surface area (TPSA) is 59.3 Å². The van der Waals surface area contributed by atoms with Crippen molar-refractivity contribution in [1.29, 1.82) is 5.26 Å². The maximum atomic E-state index is 12.0. The monoisotopic (exact) mass is 363 g/mol. The quantitative estimate of drug-likeness (QED) is 0.327. The SMILES string of the molecule is C=C(COc1c(C#N)cccc1-c1ccccc1)C(=O)OCCCCCC. The number of para-hydroxylation sites is 1. The third-order valence-corrected chi connectivity index (χ3v) is 4.13. The Labute approximate surface area is 161 Å². The first kappa shape index (κ1) is 20.3. The Bertz CT molecular complexity index is 806. The fraction of sp³-hybridized carbons (Fsp3) is 0.304. The number of unbranched alkanes of at least 4 members (excludes halogenated alkanes) is 3. The molecule has 4 nitrogen and oxygen atoms in total. The van der Waals surface area contributed by atoms with Gasteiger partial charge in [-0.05, 0) is 18.1 Å². The van der Waals surface area contributed by atoms with Crippen LogP contribution in [0.2, 0.25) is 0 Å². The highest BCUT2D eigenvalue weighted by Gasteiger charge is 2.15. The van der Waals surface area contributed by atoms with Crippen molar-refractivity contribution in [3.63, 3.8) is 0 Å². The minimum Gasteiger partial charge on any atom is -0.487 e. The average Bonchev–Trinajstić information content (AvgIpc) is 2.72. The van der Waals surface area contributed by atoms with Crippen LogP contribution in [0.4, 0.5) is 0 Å². The summed E-state index contributed by atoms with van der Waals surface area (Å²) in [6, 6.07) is 17.2. The summed E-state index contributed by atoms with van der Waals surface area (Å²) in [4.78, 5) is 12.0. The van der Waals surface area contributed by atoms with Crippen LogP contribution in [-0.2, 0) is 9.53 Å². The maximum absolute atomic E-state index is 12.0. The van der Waals surface area contributed by atoms with E-state index in [1.165, 1.54) is 0 Å². The lowest BCUT2D eigenvalue weighted by Gasteiger charge is -2.14. The van der Waals surface area contributed by atoms with Crippen LogP contribution in [0.25, 0.3) is 11.1 Å². The molecule has 0 aromatic heterocycles. The molecule has 2 aromatic carbocycles. The molecule has 0 fully saturated rings. The first-order valence-corrected chi connectivity index (χ1v) is 9.23. The van der Waals surface area contributed by atoms with Gasteiger partial charge < -0.3 is 9.47 Å². The first-order valence-electron chi connectivity index (χ1n) is 9.23. The third kappa shape index (κ3) is 6.00. The molecular formula is C23H25NO3. The van der Waals surface area contributed by atoms with Crippen LogP contribution in [0.5, 0.6) is 5.75 Å². The summed E-state index contributed by atoms with van der Waals surface area (Å²) in [5.41, 5.74) is 2.39. The molecule has 0 saturated carbocycles. The number of ether oxygens (including phenoxy) is 2. The lowest BCUT2D eigenvalue weighted by Crippen LogP contribution is -2.14. The van der Waals surface area contributed by atoms with Crippen molar-refractivity contribution in [3.05, 3.63) is 66.2 Å². The van der Waals surface area contributed by atoms with Crippen molar-refractivity contribution in [2.45, 2.75) is 32.6 Å². The summed E-state index contributed by atoms with van der Waals surface area (Å²) in [6.07, 6.45) is 4.16. The maximum Gasteiger partial charge on any atom is 0.336 e. The molecule has 0 saturated heterocycles. The molecule has 2 rings (SSSR count). The number of nitriles is 1. The Balaban J connectivity index is 2.02. The predicted octanol–water partition coefficient (Wildman–Crippen LogP) is 5.28. The number of hydrogen-bond donors (Lipinski definition) is 0. The second-order valence-electron chi connectivity index (χ2n) is 6.25. The van der Waals surface area contributed by atoms with Crippen molar-refractivity contribution in [2.24, 2.45) is 0 Å². The van der Waals surface area contributed by atoms with Crippen LogP contribution < -0.4 is 4.74 Å². The van der Waals surface area contributed by atoms with E-state index in [2.05, 4.69) is 19.6 Å². The summed E-state index contributed by atoms with van der Waals surface area (Å²) in [5, 5.41) is 9.41. The molecule has 0 unspecified atom stereocenters. The Morgan fingerprint density at radius 3 is 2.56 bits per heavy atom. The standard InChI is InChI=1S/C23H25NO3/c1-3-4-5-9-15-26-23(25)18(2)17-27-22-20(16-24)13-10-14-21(22)19-11-7-6-8-12-19/h6-8,10-14H,2-5,9,15,17H2,1H3. The van der Waals surface area contributed by atoms with E-state index >= 15 is 0 Å². The number of esters is 1. The summed E-state index contributed by atoms with van der Waals surface area (Å²) in [7, 11) is 0. The van der Waals surface area contributed by atoms with Crippen LogP contribution in [0.15, 0.2) is 60.7 Å². The van der Waals surface area contributed by atoms with E-state index in [4.69, 9.17) is 9.47 Å².